The molecule has 0 saturated heterocycles. The Morgan fingerprint density at radius 2 is 1.89 bits per heavy atom. The Morgan fingerprint density at radius 1 is 1.17 bits per heavy atom. The number of H-pyrrole nitrogens is 1. The molecular formula is C28H35FN4O2S. The Bertz CT molecular complexity index is 1400. The number of fused-ring (bicyclic) bond motifs is 1. The molecule has 4 rings (SSSR count). The van der Waals surface area contributed by atoms with E-state index in [1.165, 1.54) is 35.0 Å². The summed E-state index contributed by atoms with van der Waals surface area (Å²) in [5, 5.41) is 3.31. The molecule has 8 heteroatoms. The van der Waals surface area contributed by atoms with Gasteiger partial charge in [-0.15, -0.1) is 0 Å². The van der Waals surface area contributed by atoms with Crippen molar-refractivity contribution in [2.45, 2.75) is 83.2 Å². The lowest BCUT2D eigenvalue weighted by molar-refractivity contribution is 0.0242. The standard InChI is InChI=1S/C28H35FN4O2S/c1-17(2)19-13-12-18(3)14-22(19)35-27(4,5)16-28(6,7)36-26-31-25(20-10-8-9-11-21(20)29)30-23-15-24(34)32-33(23)26/h8-11,14-15,17H,12-13,16H2,1-7H3,(H,32,34). The quantitative estimate of drug-likeness (QED) is 0.333. The van der Waals surface area contributed by atoms with Crippen molar-refractivity contribution in [2.75, 3.05) is 0 Å². The average molecular weight is 511 g/mol. The fourth-order valence-corrected chi connectivity index (χ4v) is 6.15. The molecule has 0 bridgehead atoms. The van der Waals surface area contributed by atoms with Crippen LogP contribution in [-0.2, 0) is 4.74 Å². The molecule has 1 aliphatic rings. The van der Waals surface area contributed by atoms with E-state index in [9.17, 15) is 9.18 Å². The van der Waals surface area contributed by atoms with Gasteiger partial charge in [0.1, 0.15) is 17.2 Å². The first-order valence-corrected chi connectivity index (χ1v) is 13.2. The average Bonchev–Trinajstić information content (AvgIpc) is 3.13. The fraction of sp³-hybridized carbons (Fsp3) is 0.464. The lowest BCUT2D eigenvalue weighted by atomic mass is 9.89. The molecule has 0 spiro atoms. The number of halogens is 1. The summed E-state index contributed by atoms with van der Waals surface area (Å²) >= 11 is 1.51. The highest BCUT2D eigenvalue weighted by Crippen LogP contribution is 2.41. The van der Waals surface area contributed by atoms with Crippen molar-refractivity contribution in [1.82, 2.24) is 19.6 Å². The monoisotopic (exact) mass is 510 g/mol. The van der Waals surface area contributed by atoms with Crippen molar-refractivity contribution < 1.29 is 9.13 Å². The minimum absolute atomic E-state index is 0.246. The third-order valence-corrected chi connectivity index (χ3v) is 7.38. The second kappa shape index (κ2) is 9.88. The summed E-state index contributed by atoms with van der Waals surface area (Å²) in [5.41, 5.74) is 2.65. The summed E-state index contributed by atoms with van der Waals surface area (Å²) in [6.07, 6.45) is 4.99. The van der Waals surface area contributed by atoms with Crippen molar-refractivity contribution in [2.24, 2.45) is 5.92 Å². The molecule has 6 nitrogen and oxygen atoms in total. The van der Waals surface area contributed by atoms with Crippen LogP contribution in [0.2, 0.25) is 0 Å². The molecule has 0 aliphatic heterocycles. The Kier molecular flexibility index (Phi) is 7.19. The summed E-state index contributed by atoms with van der Waals surface area (Å²) in [6.45, 7) is 15.0. The zero-order valence-corrected chi connectivity index (χ0v) is 22.9. The molecule has 0 atom stereocenters. The van der Waals surface area contributed by atoms with Crippen molar-refractivity contribution in [3.05, 3.63) is 69.5 Å². The topological polar surface area (TPSA) is 72.3 Å². The van der Waals surface area contributed by atoms with E-state index in [0.29, 0.717) is 28.7 Å². The molecule has 1 aromatic carbocycles. The molecular weight excluding hydrogens is 475 g/mol. The number of hydrogen-bond donors (Lipinski definition) is 1. The lowest BCUT2D eigenvalue weighted by Gasteiger charge is -2.36. The molecule has 0 fully saturated rings. The largest absolute Gasteiger partial charge is 0.488 e. The summed E-state index contributed by atoms with van der Waals surface area (Å²) in [7, 11) is 0. The van der Waals surface area contributed by atoms with Gasteiger partial charge in [0.15, 0.2) is 16.6 Å². The number of rotatable bonds is 8. The first-order valence-electron chi connectivity index (χ1n) is 12.4. The van der Waals surface area contributed by atoms with Gasteiger partial charge in [-0.05, 0) is 63.3 Å². The van der Waals surface area contributed by atoms with E-state index in [0.717, 1.165) is 18.6 Å². The van der Waals surface area contributed by atoms with Crippen LogP contribution in [0.1, 0.15) is 67.7 Å². The van der Waals surface area contributed by atoms with Gasteiger partial charge in [-0.1, -0.05) is 57.2 Å². The van der Waals surface area contributed by atoms with Crippen molar-refractivity contribution in [3.63, 3.8) is 0 Å². The minimum Gasteiger partial charge on any atom is -0.488 e. The van der Waals surface area contributed by atoms with Gasteiger partial charge in [-0.2, -0.15) is 0 Å². The molecule has 0 unspecified atom stereocenters. The van der Waals surface area contributed by atoms with Gasteiger partial charge in [0.05, 0.1) is 5.56 Å². The number of allylic oxidation sites excluding steroid dienone is 3. The fourth-order valence-electron chi connectivity index (χ4n) is 4.87. The van der Waals surface area contributed by atoms with Crippen LogP contribution in [0.5, 0.6) is 0 Å². The van der Waals surface area contributed by atoms with Crippen molar-refractivity contribution in [3.8, 4) is 11.4 Å². The Balaban J connectivity index is 1.64. The van der Waals surface area contributed by atoms with Gasteiger partial charge in [0, 0.05) is 17.2 Å². The molecule has 36 heavy (non-hydrogen) atoms. The van der Waals surface area contributed by atoms with Crippen LogP contribution >= 0.6 is 11.8 Å². The van der Waals surface area contributed by atoms with Crippen LogP contribution < -0.4 is 5.56 Å². The van der Waals surface area contributed by atoms with E-state index in [4.69, 9.17) is 4.74 Å². The van der Waals surface area contributed by atoms with Crippen molar-refractivity contribution >= 4 is 17.4 Å². The summed E-state index contributed by atoms with van der Waals surface area (Å²) < 4.78 is 22.4. The van der Waals surface area contributed by atoms with Crippen LogP contribution in [0.3, 0.4) is 0 Å². The van der Waals surface area contributed by atoms with Crippen molar-refractivity contribution in [1.29, 1.82) is 0 Å². The summed E-state index contributed by atoms with van der Waals surface area (Å²) in [5.74, 6) is 1.25. The van der Waals surface area contributed by atoms with Gasteiger partial charge in [-0.3, -0.25) is 9.89 Å². The maximum atomic E-state index is 14.5. The minimum atomic E-state index is -0.454. The van der Waals surface area contributed by atoms with Gasteiger partial charge in [-0.25, -0.2) is 18.9 Å². The van der Waals surface area contributed by atoms with Crippen LogP contribution in [0.4, 0.5) is 4.39 Å². The second-order valence-corrected chi connectivity index (χ2v) is 12.7. The van der Waals surface area contributed by atoms with Gasteiger partial charge < -0.3 is 4.74 Å². The number of aromatic nitrogens is 4. The maximum Gasteiger partial charge on any atom is 0.266 e. The normalized spacial score (nSPS) is 15.1. The lowest BCUT2D eigenvalue weighted by Crippen LogP contribution is -2.34. The highest BCUT2D eigenvalue weighted by Gasteiger charge is 2.34. The molecule has 3 aromatic rings. The Morgan fingerprint density at radius 3 is 2.58 bits per heavy atom. The predicted octanol–water partition coefficient (Wildman–Crippen LogP) is 6.93. The summed E-state index contributed by atoms with van der Waals surface area (Å²) in [6, 6.07) is 7.79. The zero-order valence-electron chi connectivity index (χ0n) is 22.1. The molecule has 0 saturated carbocycles. The number of benzene rings is 1. The number of nitrogens with one attached hydrogen (secondary N) is 1. The molecule has 1 N–H and O–H groups in total. The van der Waals surface area contributed by atoms with Gasteiger partial charge >= 0.3 is 0 Å². The van der Waals surface area contributed by atoms with Crippen LogP contribution in [0, 0.1) is 11.7 Å². The number of ether oxygens (including phenoxy) is 1. The van der Waals surface area contributed by atoms with Crippen LogP contribution in [-0.4, -0.2) is 29.9 Å². The smallest absolute Gasteiger partial charge is 0.266 e. The third-order valence-electron chi connectivity index (χ3n) is 6.22. The second-order valence-electron chi connectivity index (χ2n) is 11.1. The Hall–Kier alpha value is -2.87. The van der Waals surface area contributed by atoms with Crippen LogP contribution in [0.15, 0.2) is 63.3 Å². The first kappa shape index (κ1) is 26.2. The van der Waals surface area contributed by atoms with E-state index in [-0.39, 0.29) is 16.1 Å². The molecule has 2 aromatic heterocycles. The molecule has 0 amide bonds. The number of aromatic amines is 1. The van der Waals surface area contributed by atoms with Crippen LogP contribution in [0.25, 0.3) is 17.0 Å². The number of hydrogen-bond acceptors (Lipinski definition) is 5. The highest BCUT2D eigenvalue weighted by atomic mass is 32.2. The molecule has 0 radical (unpaired) electrons. The van der Waals surface area contributed by atoms with E-state index in [1.807, 2.05) is 0 Å². The van der Waals surface area contributed by atoms with E-state index < -0.39 is 11.4 Å². The van der Waals surface area contributed by atoms with E-state index in [2.05, 4.69) is 69.6 Å². The SMILES string of the molecule is CC1=CC(OC(C)(C)CC(C)(C)Sc2nc(-c3ccccc3F)nc3cc(=O)[nH]n23)=C(C(C)C)CC1. The number of nitrogens with zero attached hydrogens (tertiary/aromatic N) is 3. The maximum absolute atomic E-state index is 14.5. The predicted molar refractivity (Wildman–Crippen MR) is 144 cm³/mol. The zero-order chi connectivity index (χ0) is 26.3. The summed E-state index contributed by atoms with van der Waals surface area (Å²) in [4.78, 5) is 21.2. The third kappa shape index (κ3) is 5.91. The molecule has 192 valence electrons. The number of thioether (sulfide) groups is 1. The highest BCUT2D eigenvalue weighted by molar-refractivity contribution is 8.00. The van der Waals surface area contributed by atoms with Gasteiger partial charge in [0.2, 0.25) is 0 Å². The first-order chi connectivity index (χ1) is 16.8. The Labute approximate surface area is 216 Å². The van der Waals surface area contributed by atoms with E-state index >= 15 is 0 Å². The van der Waals surface area contributed by atoms with E-state index in [1.54, 1.807) is 22.7 Å². The molecule has 2 heterocycles. The van der Waals surface area contributed by atoms with Gasteiger partial charge in [0.25, 0.3) is 5.56 Å². The molecule has 1 aliphatic carbocycles.